The van der Waals surface area contributed by atoms with E-state index in [-0.39, 0.29) is 29.5 Å². The third-order valence-electron chi connectivity index (χ3n) is 7.08. The number of hydrogen-bond donors (Lipinski definition) is 1. The summed E-state index contributed by atoms with van der Waals surface area (Å²) < 4.78 is 36.1. The second kappa shape index (κ2) is 15.0. The summed E-state index contributed by atoms with van der Waals surface area (Å²) in [6, 6.07) is 29.1. The number of aryl methyl sites for hydroxylation is 1. The van der Waals surface area contributed by atoms with Gasteiger partial charge in [0, 0.05) is 24.5 Å². The first kappa shape index (κ1) is 32.8. The van der Waals surface area contributed by atoms with Gasteiger partial charge in [-0.3, -0.25) is 13.9 Å². The van der Waals surface area contributed by atoms with Gasteiger partial charge in [0.2, 0.25) is 11.8 Å². The van der Waals surface area contributed by atoms with Crippen molar-refractivity contribution < 1.29 is 22.7 Å². The molecule has 1 unspecified atom stereocenters. The van der Waals surface area contributed by atoms with Gasteiger partial charge in [0.1, 0.15) is 18.3 Å². The van der Waals surface area contributed by atoms with E-state index in [9.17, 15) is 18.0 Å². The number of rotatable bonds is 13. The molecule has 8 nitrogen and oxygen atoms in total. The van der Waals surface area contributed by atoms with Crippen molar-refractivity contribution in [3.05, 3.63) is 124 Å². The number of hydrogen-bond acceptors (Lipinski definition) is 5. The number of anilines is 1. The van der Waals surface area contributed by atoms with E-state index in [1.807, 2.05) is 61.5 Å². The average molecular weight is 679 g/mol. The van der Waals surface area contributed by atoms with E-state index in [1.54, 1.807) is 43.3 Å². The van der Waals surface area contributed by atoms with Crippen molar-refractivity contribution in [1.29, 1.82) is 0 Å². The van der Waals surface area contributed by atoms with Crippen molar-refractivity contribution in [2.24, 2.45) is 0 Å². The van der Waals surface area contributed by atoms with Gasteiger partial charge in [-0.15, -0.1) is 0 Å². The number of sulfonamides is 1. The number of carbonyl (C=O) groups is 2. The number of halogens is 1. The van der Waals surface area contributed by atoms with Crippen molar-refractivity contribution in [2.45, 2.75) is 37.8 Å². The Morgan fingerprint density at radius 1 is 0.886 bits per heavy atom. The number of amides is 2. The second-order valence-corrected chi connectivity index (χ2v) is 13.0. The molecule has 0 saturated heterocycles. The molecule has 10 heteroatoms. The molecule has 0 bridgehead atoms. The highest BCUT2D eigenvalue weighted by atomic mass is 79.9. The number of likely N-dealkylation sites (N-methyl/N-ethyl adjacent to an activating group) is 1. The van der Waals surface area contributed by atoms with Crippen LogP contribution in [0.2, 0.25) is 0 Å². The molecule has 0 fully saturated rings. The predicted molar refractivity (Wildman–Crippen MR) is 176 cm³/mol. The van der Waals surface area contributed by atoms with E-state index in [2.05, 4.69) is 21.2 Å². The molecule has 230 valence electrons. The highest BCUT2D eigenvalue weighted by Gasteiger charge is 2.35. The molecule has 4 aromatic rings. The first-order valence-corrected chi connectivity index (χ1v) is 16.5. The maximum Gasteiger partial charge on any atom is 0.264 e. The number of nitrogens with zero attached hydrogens (tertiary/aromatic N) is 2. The first-order chi connectivity index (χ1) is 21.1. The van der Waals surface area contributed by atoms with Crippen LogP contribution in [0, 0.1) is 6.92 Å². The van der Waals surface area contributed by atoms with Crippen LogP contribution in [-0.2, 0) is 32.6 Å². The van der Waals surface area contributed by atoms with Gasteiger partial charge in [0.05, 0.1) is 17.2 Å². The number of para-hydroxylation sites is 2. The van der Waals surface area contributed by atoms with Gasteiger partial charge in [-0.2, -0.15) is 0 Å². The highest BCUT2D eigenvalue weighted by Crippen LogP contribution is 2.33. The van der Waals surface area contributed by atoms with Gasteiger partial charge in [-0.1, -0.05) is 88.2 Å². The maximum atomic E-state index is 14.5. The van der Waals surface area contributed by atoms with Crippen molar-refractivity contribution in [1.82, 2.24) is 10.2 Å². The molecule has 0 aliphatic rings. The minimum atomic E-state index is -4.23. The van der Waals surface area contributed by atoms with Crippen LogP contribution >= 0.6 is 15.9 Å². The summed E-state index contributed by atoms with van der Waals surface area (Å²) in [5, 5.41) is 2.70. The molecule has 0 saturated carbocycles. The fourth-order valence-electron chi connectivity index (χ4n) is 4.84. The standard InChI is InChI=1S/C34H36BrN3O5S/c1-4-43-32-16-9-8-15-30(32)38(44(41,42)29-19-17-25(2)18-20-29)24-33(39)37(23-27-13-10-14-28(35)21-27)31(34(40)36-3)22-26-11-6-5-7-12-26/h5-21,31H,4,22-24H2,1-3H3,(H,36,40). The Morgan fingerprint density at radius 3 is 2.20 bits per heavy atom. The van der Waals surface area contributed by atoms with Gasteiger partial charge >= 0.3 is 0 Å². The molecule has 0 heterocycles. The fourth-order valence-corrected chi connectivity index (χ4v) is 6.72. The van der Waals surface area contributed by atoms with E-state index >= 15 is 0 Å². The normalized spacial score (nSPS) is 11.8. The quantitative estimate of drug-likeness (QED) is 0.195. The summed E-state index contributed by atoms with van der Waals surface area (Å²) in [7, 11) is -2.71. The van der Waals surface area contributed by atoms with Crippen LogP contribution in [0.15, 0.2) is 112 Å². The summed E-state index contributed by atoms with van der Waals surface area (Å²) in [5.74, 6) is -0.583. The third kappa shape index (κ3) is 8.06. The minimum absolute atomic E-state index is 0.0351. The van der Waals surface area contributed by atoms with E-state index < -0.39 is 28.5 Å². The Morgan fingerprint density at radius 2 is 1.55 bits per heavy atom. The summed E-state index contributed by atoms with van der Waals surface area (Å²) >= 11 is 3.49. The zero-order chi connectivity index (χ0) is 31.7. The summed E-state index contributed by atoms with van der Waals surface area (Å²) in [6.45, 7) is 3.49. The molecule has 44 heavy (non-hydrogen) atoms. The van der Waals surface area contributed by atoms with Crippen LogP contribution in [0.5, 0.6) is 5.75 Å². The van der Waals surface area contributed by atoms with Gasteiger partial charge < -0.3 is 15.0 Å². The molecule has 4 rings (SSSR count). The lowest BCUT2D eigenvalue weighted by Gasteiger charge is -2.34. The lowest BCUT2D eigenvalue weighted by molar-refractivity contribution is -0.139. The highest BCUT2D eigenvalue weighted by molar-refractivity contribution is 9.10. The molecule has 1 atom stereocenters. The lowest BCUT2D eigenvalue weighted by atomic mass is 10.0. The Balaban J connectivity index is 1.82. The van der Waals surface area contributed by atoms with Gasteiger partial charge in [0.25, 0.3) is 10.0 Å². The Kier molecular flexibility index (Phi) is 11.2. The summed E-state index contributed by atoms with van der Waals surface area (Å²) in [4.78, 5) is 29.3. The zero-order valence-electron chi connectivity index (χ0n) is 24.9. The van der Waals surface area contributed by atoms with Crippen LogP contribution in [-0.4, -0.2) is 51.4 Å². The minimum Gasteiger partial charge on any atom is -0.492 e. The van der Waals surface area contributed by atoms with E-state index in [4.69, 9.17) is 4.74 Å². The number of nitrogens with one attached hydrogen (secondary N) is 1. The molecule has 0 spiro atoms. The second-order valence-electron chi connectivity index (χ2n) is 10.2. The maximum absolute atomic E-state index is 14.5. The van der Waals surface area contributed by atoms with Crippen LogP contribution in [0.3, 0.4) is 0 Å². The summed E-state index contributed by atoms with van der Waals surface area (Å²) in [6.07, 6.45) is 0.237. The molecule has 4 aromatic carbocycles. The Hall–Kier alpha value is -4.15. The topological polar surface area (TPSA) is 96.0 Å². The molecule has 0 aliphatic heterocycles. The third-order valence-corrected chi connectivity index (χ3v) is 9.35. The van der Waals surface area contributed by atoms with Crippen molar-refractivity contribution in [3.63, 3.8) is 0 Å². The fraction of sp³-hybridized carbons (Fsp3) is 0.235. The lowest BCUT2D eigenvalue weighted by Crippen LogP contribution is -2.53. The summed E-state index contributed by atoms with van der Waals surface area (Å²) in [5.41, 5.74) is 2.76. The van der Waals surface area contributed by atoms with Crippen molar-refractivity contribution in [2.75, 3.05) is 24.5 Å². The van der Waals surface area contributed by atoms with Crippen LogP contribution in [0.1, 0.15) is 23.6 Å². The number of carbonyl (C=O) groups excluding carboxylic acids is 2. The van der Waals surface area contributed by atoms with E-state index in [0.717, 1.165) is 25.5 Å². The monoisotopic (exact) mass is 677 g/mol. The van der Waals surface area contributed by atoms with Crippen molar-refractivity contribution >= 4 is 43.5 Å². The average Bonchev–Trinajstić information content (AvgIpc) is 3.02. The molecule has 0 radical (unpaired) electrons. The van der Waals surface area contributed by atoms with Crippen LogP contribution in [0.25, 0.3) is 0 Å². The molecule has 0 aromatic heterocycles. The number of ether oxygens (including phenoxy) is 1. The van der Waals surface area contributed by atoms with Crippen molar-refractivity contribution in [3.8, 4) is 5.75 Å². The van der Waals surface area contributed by atoms with Crippen LogP contribution < -0.4 is 14.4 Å². The molecule has 1 N–H and O–H groups in total. The molecular weight excluding hydrogens is 642 g/mol. The Bertz CT molecular complexity index is 1680. The Labute approximate surface area is 267 Å². The first-order valence-electron chi connectivity index (χ1n) is 14.2. The largest absolute Gasteiger partial charge is 0.492 e. The van der Waals surface area contributed by atoms with E-state index in [0.29, 0.717) is 12.4 Å². The smallest absolute Gasteiger partial charge is 0.264 e. The van der Waals surface area contributed by atoms with Gasteiger partial charge in [0.15, 0.2) is 0 Å². The van der Waals surface area contributed by atoms with E-state index in [1.165, 1.54) is 24.1 Å². The van der Waals surface area contributed by atoms with Crippen LogP contribution in [0.4, 0.5) is 5.69 Å². The predicted octanol–water partition coefficient (Wildman–Crippen LogP) is 5.74. The zero-order valence-corrected chi connectivity index (χ0v) is 27.3. The van der Waals surface area contributed by atoms with Gasteiger partial charge in [-0.25, -0.2) is 8.42 Å². The molecule has 2 amide bonds. The molecular formula is C34H36BrN3O5S. The molecule has 0 aliphatic carbocycles. The SMILES string of the molecule is CCOc1ccccc1N(CC(=O)N(Cc1cccc(Br)c1)C(Cc1ccccc1)C(=O)NC)S(=O)(=O)c1ccc(C)cc1. The van der Waals surface area contributed by atoms with Gasteiger partial charge in [-0.05, 0) is 61.4 Å². The number of benzene rings is 4.